The van der Waals surface area contributed by atoms with Crippen LogP contribution in [0.1, 0.15) is 30.3 Å². The van der Waals surface area contributed by atoms with Gasteiger partial charge in [-0.05, 0) is 30.5 Å². The average Bonchev–Trinajstić information content (AvgIpc) is 3.43. The van der Waals surface area contributed by atoms with Gasteiger partial charge in [-0.3, -0.25) is 9.36 Å². The van der Waals surface area contributed by atoms with Crippen molar-refractivity contribution in [1.29, 1.82) is 0 Å². The van der Waals surface area contributed by atoms with Crippen molar-refractivity contribution >= 4 is 28.5 Å². The molecule has 0 radical (unpaired) electrons. The first-order valence-electron chi connectivity index (χ1n) is 13.9. The summed E-state index contributed by atoms with van der Waals surface area (Å²) in [5.74, 6) is 0.781. The van der Waals surface area contributed by atoms with Crippen molar-refractivity contribution in [3.05, 3.63) is 78.8 Å². The highest BCUT2D eigenvalue weighted by Gasteiger charge is 2.48. The number of ether oxygens (including phenoxy) is 2. The number of nitrogens with one attached hydrogen (secondary N) is 2. The first-order valence-corrected chi connectivity index (χ1v) is 13.9. The number of rotatable bonds is 10. The van der Waals surface area contributed by atoms with Crippen molar-refractivity contribution in [2.24, 2.45) is 0 Å². The van der Waals surface area contributed by atoms with Gasteiger partial charge in [-0.1, -0.05) is 30.3 Å². The number of aliphatic hydroxyl groups is 2. The molecule has 7 rings (SSSR count). The predicted octanol–water partition coefficient (Wildman–Crippen LogP) is 1.61. The molecule has 0 spiro atoms. The number of imidazole rings is 2. The minimum Gasteiger partial charge on any atom is -0.485 e. The molecule has 4 N–H and O–H groups in total. The van der Waals surface area contributed by atoms with Gasteiger partial charge in [0.15, 0.2) is 40.7 Å². The van der Waals surface area contributed by atoms with Gasteiger partial charge in [0.2, 0.25) is 0 Å². The summed E-state index contributed by atoms with van der Waals surface area (Å²) >= 11 is 0. The maximum absolute atomic E-state index is 12.5. The number of nitrogens with zero attached hydrogens (tertiary/aromatic N) is 6. The van der Waals surface area contributed by atoms with Gasteiger partial charge in [0.1, 0.15) is 25.1 Å². The summed E-state index contributed by atoms with van der Waals surface area (Å²) in [6.45, 7) is 0.989. The Kier molecular flexibility index (Phi) is 6.90. The van der Waals surface area contributed by atoms with Crippen LogP contribution in [0.15, 0.2) is 67.5 Å². The zero-order valence-electron chi connectivity index (χ0n) is 22.6. The van der Waals surface area contributed by atoms with Gasteiger partial charge in [0.05, 0.1) is 6.33 Å². The Morgan fingerprint density at radius 3 is 2.71 bits per heavy atom. The summed E-state index contributed by atoms with van der Waals surface area (Å²) in [5.41, 5.74) is 3.70. The number of amides is 1. The summed E-state index contributed by atoms with van der Waals surface area (Å²) < 4.78 is 15.4. The third kappa shape index (κ3) is 5.02. The van der Waals surface area contributed by atoms with Gasteiger partial charge in [-0.25, -0.2) is 19.9 Å². The fourth-order valence-electron chi connectivity index (χ4n) is 5.16. The molecular weight excluding hydrogens is 540 g/mol. The Balaban J connectivity index is 1.03. The molecule has 5 aromatic rings. The minimum atomic E-state index is -1.37. The number of fused-ring (bicyclic) bond motifs is 2. The van der Waals surface area contributed by atoms with E-state index in [9.17, 15) is 15.0 Å². The van der Waals surface area contributed by atoms with Gasteiger partial charge in [-0.15, -0.1) is 0 Å². The second-order valence-electron chi connectivity index (χ2n) is 10.5. The highest BCUT2D eigenvalue weighted by Crippen LogP contribution is 2.33. The maximum atomic E-state index is 12.5. The molecule has 1 amide bonds. The van der Waals surface area contributed by atoms with E-state index in [4.69, 9.17) is 9.47 Å². The van der Waals surface area contributed by atoms with Crippen molar-refractivity contribution in [1.82, 2.24) is 34.2 Å². The molecule has 13 heteroatoms. The molecule has 2 fully saturated rings. The van der Waals surface area contributed by atoms with Crippen LogP contribution in [0.4, 0.5) is 5.82 Å². The molecule has 1 aliphatic carbocycles. The molecular formula is C29H30N8O5. The second kappa shape index (κ2) is 11.0. The fourth-order valence-corrected chi connectivity index (χ4v) is 5.16. The van der Waals surface area contributed by atoms with Crippen molar-refractivity contribution in [3.8, 4) is 5.75 Å². The maximum Gasteiger partial charge on any atom is 0.252 e. The van der Waals surface area contributed by atoms with Crippen LogP contribution in [-0.4, -0.2) is 75.9 Å². The Morgan fingerprint density at radius 1 is 1.02 bits per heavy atom. The molecule has 13 nitrogen and oxygen atoms in total. The highest BCUT2D eigenvalue weighted by molar-refractivity contribution is 5.83. The smallest absolute Gasteiger partial charge is 0.252 e. The number of benzene rings is 1. The van der Waals surface area contributed by atoms with Crippen molar-refractivity contribution in [2.75, 3.05) is 11.9 Å². The van der Waals surface area contributed by atoms with E-state index in [1.165, 1.54) is 17.2 Å². The van der Waals surface area contributed by atoms with Crippen LogP contribution < -0.4 is 15.4 Å². The number of hydrogen-bond donors (Lipinski definition) is 4. The lowest BCUT2D eigenvalue weighted by Gasteiger charge is -2.16. The summed E-state index contributed by atoms with van der Waals surface area (Å²) in [5, 5.41) is 27.3. The molecule has 216 valence electrons. The van der Waals surface area contributed by atoms with Gasteiger partial charge in [-0.2, -0.15) is 0 Å². The molecule has 0 bridgehead atoms. The minimum absolute atomic E-state index is 0.107. The number of anilines is 1. The van der Waals surface area contributed by atoms with Crippen LogP contribution in [0.25, 0.3) is 16.8 Å². The molecule has 1 aliphatic heterocycles. The van der Waals surface area contributed by atoms with E-state index in [0.29, 0.717) is 42.3 Å². The van der Waals surface area contributed by atoms with Crippen LogP contribution in [0, 0.1) is 0 Å². The summed E-state index contributed by atoms with van der Waals surface area (Å²) in [6, 6.07) is 13.9. The number of aliphatic hydroxyl groups excluding tert-OH is 2. The molecule has 4 unspecified atom stereocenters. The number of hydrogen-bond acceptors (Lipinski definition) is 10. The largest absolute Gasteiger partial charge is 0.485 e. The lowest BCUT2D eigenvalue weighted by atomic mass is 10.1. The summed E-state index contributed by atoms with van der Waals surface area (Å²) in [7, 11) is 0. The summed E-state index contributed by atoms with van der Waals surface area (Å²) in [4.78, 5) is 30.2. The van der Waals surface area contributed by atoms with E-state index in [2.05, 4.69) is 30.6 Å². The second-order valence-corrected chi connectivity index (χ2v) is 10.5. The first-order chi connectivity index (χ1) is 20.6. The summed E-state index contributed by atoms with van der Waals surface area (Å²) in [6.07, 6.45) is 4.17. The molecule has 4 atom stereocenters. The predicted molar refractivity (Wildman–Crippen MR) is 151 cm³/mol. The number of aromatic nitrogens is 6. The Labute approximate surface area is 240 Å². The van der Waals surface area contributed by atoms with Crippen LogP contribution in [0.2, 0.25) is 0 Å². The zero-order valence-corrected chi connectivity index (χ0v) is 22.6. The average molecular weight is 571 g/mol. The Bertz CT molecular complexity index is 1720. The van der Waals surface area contributed by atoms with E-state index in [1.807, 2.05) is 59.3 Å². The van der Waals surface area contributed by atoms with Crippen LogP contribution >= 0.6 is 0 Å². The molecule has 2 aliphatic rings. The lowest BCUT2D eigenvalue weighted by Crippen LogP contribution is -2.43. The van der Waals surface area contributed by atoms with Gasteiger partial charge < -0.3 is 34.7 Å². The van der Waals surface area contributed by atoms with E-state index >= 15 is 0 Å². The molecule has 1 saturated carbocycles. The standard InChI is InChI=1S/C29H30N8O5/c38-22-23(39)29(42-24(22)28(40)35-18-8-9-18)37-16-34-21-25(32-15-33-27(21)37)30-11-10-19-13-31-26-20(7-4-12-36(19)26)41-14-17-5-2-1-3-6-17/h1-7,12-13,15-16,18,22-24,29,38-39H,8-11,14H2,(H,35,40)(H,30,32,33). The monoisotopic (exact) mass is 570 g/mol. The third-order valence-electron chi connectivity index (χ3n) is 7.54. The molecule has 1 aromatic carbocycles. The topological polar surface area (TPSA) is 161 Å². The van der Waals surface area contributed by atoms with E-state index in [-0.39, 0.29) is 6.04 Å². The molecule has 42 heavy (non-hydrogen) atoms. The van der Waals surface area contributed by atoms with Crippen LogP contribution in [0.5, 0.6) is 5.75 Å². The van der Waals surface area contributed by atoms with Crippen LogP contribution in [-0.2, 0) is 22.6 Å². The lowest BCUT2D eigenvalue weighted by molar-refractivity contribution is -0.137. The molecule has 5 heterocycles. The van der Waals surface area contributed by atoms with Crippen molar-refractivity contribution in [3.63, 3.8) is 0 Å². The van der Waals surface area contributed by atoms with E-state index in [0.717, 1.165) is 29.7 Å². The highest BCUT2D eigenvalue weighted by atomic mass is 16.6. The number of carbonyl (C=O) groups excluding carboxylic acids is 1. The first kappa shape index (κ1) is 26.3. The van der Waals surface area contributed by atoms with Gasteiger partial charge in [0, 0.05) is 37.1 Å². The third-order valence-corrected chi connectivity index (χ3v) is 7.54. The molecule has 4 aromatic heterocycles. The quantitative estimate of drug-likeness (QED) is 0.194. The van der Waals surface area contributed by atoms with Crippen LogP contribution in [0.3, 0.4) is 0 Å². The van der Waals surface area contributed by atoms with Gasteiger partial charge in [0.25, 0.3) is 5.91 Å². The fraction of sp³-hybridized carbons (Fsp3) is 0.345. The Morgan fingerprint density at radius 2 is 1.88 bits per heavy atom. The van der Waals surface area contributed by atoms with Gasteiger partial charge >= 0.3 is 0 Å². The zero-order chi connectivity index (χ0) is 28.6. The van der Waals surface area contributed by atoms with Crippen molar-refractivity contribution < 1.29 is 24.5 Å². The number of carbonyl (C=O) groups is 1. The van der Waals surface area contributed by atoms with E-state index < -0.39 is 30.4 Å². The normalized spacial score (nSPS) is 22.0. The Hall–Kier alpha value is -4.59. The van der Waals surface area contributed by atoms with E-state index in [1.54, 1.807) is 0 Å². The molecule has 1 saturated heterocycles. The van der Waals surface area contributed by atoms with Crippen molar-refractivity contribution in [2.45, 2.75) is 56.5 Å². The SMILES string of the molecule is O=C(NC1CC1)C1OC(n2cnc3c(NCCc4cnc5c(OCc6ccccc6)cccn45)ncnc32)C(O)C1O. The number of pyridine rings is 1.